The molecular weight excluding hydrogens is 220 g/mol. The highest BCUT2D eigenvalue weighted by Gasteiger charge is 2.15. The van der Waals surface area contributed by atoms with E-state index in [1.54, 1.807) is 0 Å². The van der Waals surface area contributed by atoms with Crippen LogP contribution in [0.3, 0.4) is 0 Å². The Morgan fingerprint density at radius 2 is 1.94 bits per heavy atom. The number of ether oxygens (including phenoxy) is 1. The zero-order valence-electron chi connectivity index (χ0n) is 12.5. The van der Waals surface area contributed by atoms with Gasteiger partial charge in [0.15, 0.2) is 0 Å². The topological polar surface area (TPSA) is 9.23 Å². The molecule has 0 radical (unpaired) electrons. The molecule has 0 amide bonds. The summed E-state index contributed by atoms with van der Waals surface area (Å²) in [7, 11) is 0. The van der Waals surface area contributed by atoms with Gasteiger partial charge in [-0.15, -0.1) is 0 Å². The summed E-state index contributed by atoms with van der Waals surface area (Å²) in [5.41, 5.74) is 3.39. The molecule has 0 N–H and O–H groups in total. The van der Waals surface area contributed by atoms with Crippen molar-refractivity contribution in [3.8, 4) is 5.75 Å². The Balaban J connectivity index is 3.05. The van der Waals surface area contributed by atoms with Crippen LogP contribution < -0.4 is 4.74 Å². The first-order chi connectivity index (χ1) is 8.33. The van der Waals surface area contributed by atoms with E-state index < -0.39 is 0 Å². The van der Waals surface area contributed by atoms with Gasteiger partial charge in [0.1, 0.15) is 11.4 Å². The molecule has 0 atom stereocenters. The monoisotopic (exact) mass is 246 g/mol. The summed E-state index contributed by atoms with van der Waals surface area (Å²) in [4.78, 5) is 0. The van der Waals surface area contributed by atoms with Crippen LogP contribution >= 0.6 is 0 Å². The summed E-state index contributed by atoms with van der Waals surface area (Å²) < 4.78 is 6.08. The molecule has 0 heterocycles. The molecule has 1 aromatic rings. The average Bonchev–Trinajstić information content (AvgIpc) is 2.25. The number of rotatable bonds is 5. The Morgan fingerprint density at radius 3 is 2.44 bits per heavy atom. The number of benzene rings is 1. The van der Waals surface area contributed by atoms with E-state index >= 15 is 0 Å². The van der Waals surface area contributed by atoms with Crippen molar-refractivity contribution < 1.29 is 4.74 Å². The number of allylic oxidation sites excluding steroid dienone is 1. The smallest absolute Gasteiger partial charge is 0.123 e. The molecule has 0 saturated heterocycles. The van der Waals surface area contributed by atoms with Crippen LogP contribution in [0.15, 0.2) is 24.8 Å². The second kappa shape index (κ2) is 6.08. The third-order valence-electron chi connectivity index (χ3n) is 2.78. The maximum absolute atomic E-state index is 6.08. The van der Waals surface area contributed by atoms with Gasteiger partial charge in [0.25, 0.3) is 0 Å². The van der Waals surface area contributed by atoms with Crippen LogP contribution in [-0.2, 0) is 6.42 Å². The normalized spacial score (nSPS) is 11.4. The Morgan fingerprint density at radius 1 is 1.28 bits per heavy atom. The van der Waals surface area contributed by atoms with E-state index in [9.17, 15) is 0 Å². The lowest BCUT2D eigenvalue weighted by Gasteiger charge is -2.24. The lowest BCUT2D eigenvalue weighted by Crippen LogP contribution is -2.23. The molecule has 0 aliphatic heterocycles. The van der Waals surface area contributed by atoms with Crippen LogP contribution in [0.25, 0.3) is 5.57 Å². The summed E-state index contributed by atoms with van der Waals surface area (Å²) in [6.07, 6.45) is 3.49. The lowest BCUT2D eigenvalue weighted by molar-refractivity contribution is 0.129. The van der Waals surface area contributed by atoms with E-state index in [-0.39, 0.29) is 5.60 Å². The number of aryl methyl sites for hydroxylation is 1. The van der Waals surface area contributed by atoms with Gasteiger partial charge in [-0.05, 0) is 57.7 Å². The quantitative estimate of drug-likeness (QED) is 0.690. The third kappa shape index (κ3) is 4.56. The van der Waals surface area contributed by atoms with Crippen LogP contribution in [-0.4, -0.2) is 5.60 Å². The number of hydrogen-bond acceptors (Lipinski definition) is 1. The molecule has 0 fully saturated rings. The molecule has 0 aliphatic carbocycles. The van der Waals surface area contributed by atoms with Crippen molar-refractivity contribution in [2.45, 2.75) is 59.5 Å². The predicted octanol–water partition coefficient (Wildman–Crippen LogP) is 5.24. The molecule has 0 bridgehead atoms. The maximum Gasteiger partial charge on any atom is 0.123 e. The van der Waals surface area contributed by atoms with E-state index in [2.05, 4.69) is 52.5 Å². The largest absolute Gasteiger partial charge is 0.488 e. The van der Waals surface area contributed by atoms with E-state index in [1.807, 2.05) is 6.92 Å². The molecule has 1 nitrogen and oxygen atoms in total. The molecule has 1 aromatic carbocycles. The second-order valence-electron chi connectivity index (χ2n) is 5.92. The van der Waals surface area contributed by atoms with Gasteiger partial charge < -0.3 is 4.74 Å². The summed E-state index contributed by atoms with van der Waals surface area (Å²) in [5.74, 6) is 1.01. The maximum atomic E-state index is 6.08. The summed E-state index contributed by atoms with van der Waals surface area (Å²) in [6.45, 7) is 14.5. The molecule has 1 heteroatoms. The molecule has 0 aromatic heterocycles. The number of hydrogen-bond donors (Lipinski definition) is 0. The molecule has 0 aliphatic rings. The van der Waals surface area contributed by atoms with Gasteiger partial charge in [-0.1, -0.05) is 37.6 Å². The van der Waals surface area contributed by atoms with Crippen LogP contribution in [0.1, 0.15) is 58.6 Å². The van der Waals surface area contributed by atoms with Crippen molar-refractivity contribution in [1.82, 2.24) is 0 Å². The first-order valence-electron chi connectivity index (χ1n) is 6.81. The summed E-state index contributed by atoms with van der Waals surface area (Å²) in [6, 6.07) is 6.45. The first-order valence-corrected chi connectivity index (χ1v) is 6.81. The van der Waals surface area contributed by atoms with Gasteiger partial charge in [0.2, 0.25) is 0 Å². The van der Waals surface area contributed by atoms with Crippen LogP contribution in [0.2, 0.25) is 0 Å². The Labute approximate surface area is 112 Å². The highest BCUT2D eigenvalue weighted by Crippen LogP contribution is 2.28. The SMILES string of the molecule is C=C(C)c1ccc(CCCC)c(OC(C)(C)C)c1. The van der Waals surface area contributed by atoms with Crippen molar-refractivity contribution in [3.63, 3.8) is 0 Å². The molecule has 100 valence electrons. The molecule has 18 heavy (non-hydrogen) atoms. The van der Waals surface area contributed by atoms with Crippen molar-refractivity contribution in [3.05, 3.63) is 35.9 Å². The van der Waals surface area contributed by atoms with Crippen LogP contribution in [0.4, 0.5) is 0 Å². The molecule has 0 spiro atoms. The fraction of sp³-hybridized carbons (Fsp3) is 0.529. The average molecular weight is 246 g/mol. The van der Waals surface area contributed by atoms with Gasteiger partial charge >= 0.3 is 0 Å². The highest BCUT2D eigenvalue weighted by atomic mass is 16.5. The standard InChI is InChI=1S/C17H26O/c1-7-8-9-14-10-11-15(13(2)3)12-16(14)18-17(4,5)6/h10-12H,2,7-9H2,1,3-6H3. The summed E-state index contributed by atoms with van der Waals surface area (Å²) >= 11 is 0. The van der Waals surface area contributed by atoms with Crippen molar-refractivity contribution >= 4 is 5.57 Å². The molecule has 1 rings (SSSR count). The van der Waals surface area contributed by atoms with Crippen molar-refractivity contribution in [1.29, 1.82) is 0 Å². The minimum Gasteiger partial charge on any atom is -0.488 e. The van der Waals surface area contributed by atoms with E-state index in [1.165, 1.54) is 18.4 Å². The molecular formula is C17H26O. The zero-order valence-corrected chi connectivity index (χ0v) is 12.5. The van der Waals surface area contributed by atoms with E-state index in [0.29, 0.717) is 0 Å². The fourth-order valence-electron chi connectivity index (χ4n) is 1.82. The van der Waals surface area contributed by atoms with Crippen LogP contribution in [0.5, 0.6) is 5.75 Å². The van der Waals surface area contributed by atoms with Gasteiger partial charge in [-0.2, -0.15) is 0 Å². The van der Waals surface area contributed by atoms with E-state index in [0.717, 1.165) is 23.3 Å². The minimum absolute atomic E-state index is 0.158. The first kappa shape index (κ1) is 14.8. The third-order valence-corrected chi connectivity index (χ3v) is 2.78. The van der Waals surface area contributed by atoms with Gasteiger partial charge in [-0.25, -0.2) is 0 Å². The molecule has 0 unspecified atom stereocenters. The van der Waals surface area contributed by atoms with Gasteiger partial charge in [0.05, 0.1) is 0 Å². The minimum atomic E-state index is -0.158. The molecule has 0 saturated carbocycles. The van der Waals surface area contributed by atoms with Crippen molar-refractivity contribution in [2.75, 3.05) is 0 Å². The predicted molar refractivity (Wildman–Crippen MR) is 80.1 cm³/mol. The second-order valence-corrected chi connectivity index (χ2v) is 5.92. The highest BCUT2D eigenvalue weighted by molar-refractivity contribution is 5.63. The Kier molecular flexibility index (Phi) is 5.01. The Hall–Kier alpha value is -1.24. The van der Waals surface area contributed by atoms with E-state index in [4.69, 9.17) is 4.74 Å². The summed E-state index contributed by atoms with van der Waals surface area (Å²) in [5, 5.41) is 0. The van der Waals surface area contributed by atoms with Crippen LogP contribution in [0, 0.1) is 0 Å². The lowest BCUT2D eigenvalue weighted by atomic mass is 10.0. The Bertz CT molecular complexity index is 410. The fourth-order valence-corrected chi connectivity index (χ4v) is 1.82. The zero-order chi connectivity index (χ0) is 13.8. The van der Waals surface area contributed by atoms with Gasteiger partial charge in [0, 0.05) is 0 Å². The number of unbranched alkanes of at least 4 members (excludes halogenated alkanes) is 1. The van der Waals surface area contributed by atoms with Gasteiger partial charge in [-0.3, -0.25) is 0 Å². The van der Waals surface area contributed by atoms with Crippen molar-refractivity contribution in [2.24, 2.45) is 0 Å².